The number of nitrogens with one attached hydrogen (secondary N) is 1. The Balaban J connectivity index is 2.31. The lowest BCUT2D eigenvalue weighted by molar-refractivity contribution is 0.0599. The lowest BCUT2D eigenvalue weighted by Gasteiger charge is -2.40. The van der Waals surface area contributed by atoms with Gasteiger partial charge in [0.15, 0.2) is 5.78 Å². The van der Waals surface area contributed by atoms with E-state index in [1.807, 2.05) is 13.8 Å². The number of nitrogens with zero attached hydrogens (tertiary/aromatic N) is 1. The zero-order chi connectivity index (χ0) is 14.8. The highest BCUT2D eigenvalue weighted by Gasteiger charge is 2.37. The summed E-state index contributed by atoms with van der Waals surface area (Å²) in [5.74, 6) is -0.124. The first-order valence-electron chi connectivity index (χ1n) is 6.81. The Morgan fingerprint density at radius 3 is 2.60 bits per heavy atom. The molecule has 1 N–H and O–H groups in total. The molecule has 0 aromatic heterocycles. The first-order chi connectivity index (χ1) is 9.46. The molecule has 1 aliphatic heterocycles. The smallest absolute Gasteiger partial charge is 0.186 e. The molecule has 1 heterocycles. The fraction of sp³-hybridized carbons (Fsp3) is 0.533. The Hall–Kier alpha value is -1.46. The van der Waals surface area contributed by atoms with Crippen molar-refractivity contribution in [1.29, 1.82) is 0 Å². The van der Waals surface area contributed by atoms with E-state index in [9.17, 15) is 9.18 Å². The maximum Gasteiger partial charge on any atom is 0.186 e. The van der Waals surface area contributed by atoms with Crippen LogP contribution in [-0.4, -0.2) is 49.5 Å². The molecule has 0 saturated carbocycles. The Morgan fingerprint density at radius 1 is 1.35 bits per heavy atom. The summed E-state index contributed by atoms with van der Waals surface area (Å²) in [6.45, 7) is 7.08. The summed E-state index contributed by atoms with van der Waals surface area (Å²) < 4.78 is 18.6. The molecule has 5 heteroatoms. The third kappa shape index (κ3) is 2.83. The fourth-order valence-corrected chi connectivity index (χ4v) is 2.55. The molecule has 4 nitrogen and oxygen atoms in total. The van der Waals surface area contributed by atoms with Crippen LogP contribution < -0.4 is 10.1 Å². The van der Waals surface area contributed by atoms with Crippen LogP contribution in [0.4, 0.5) is 4.39 Å². The lowest BCUT2D eigenvalue weighted by Crippen LogP contribution is -2.57. The maximum atomic E-state index is 13.4. The second-order valence-electron chi connectivity index (χ2n) is 5.47. The fourth-order valence-electron chi connectivity index (χ4n) is 2.55. The van der Waals surface area contributed by atoms with Gasteiger partial charge in [0.25, 0.3) is 0 Å². The molecule has 1 aromatic carbocycles. The van der Waals surface area contributed by atoms with Gasteiger partial charge in [0.2, 0.25) is 0 Å². The van der Waals surface area contributed by atoms with Crippen molar-refractivity contribution >= 4 is 5.78 Å². The Labute approximate surface area is 118 Å². The molecular formula is C15H21FN2O2. The van der Waals surface area contributed by atoms with E-state index in [4.69, 9.17) is 4.74 Å². The van der Waals surface area contributed by atoms with Crippen molar-refractivity contribution in [3.63, 3.8) is 0 Å². The van der Waals surface area contributed by atoms with Gasteiger partial charge >= 0.3 is 0 Å². The highest BCUT2D eigenvalue weighted by molar-refractivity contribution is 6.04. The highest BCUT2D eigenvalue weighted by Crippen LogP contribution is 2.27. The largest absolute Gasteiger partial charge is 0.496 e. The molecule has 1 saturated heterocycles. The molecule has 0 radical (unpaired) electrons. The second-order valence-corrected chi connectivity index (χ2v) is 5.47. The van der Waals surface area contributed by atoms with Crippen LogP contribution in [0.1, 0.15) is 24.2 Å². The molecule has 0 spiro atoms. The summed E-state index contributed by atoms with van der Waals surface area (Å²) in [6, 6.07) is 4.05. The Morgan fingerprint density at radius 2 is 2.00 bits per heavy atom. The van der Waals surface area contributed by atoms with Gasteiger partial charge in [-0.05, 0) is 32.0 Å². The molecule has 1 aromatic rings. The molecule has 0 unspecified atom stereocenters. The molecule has 2 rings (SSSR count). The monoisotopic (exact) mass is 280 g/mol. The summed E-state index contributed by atoms with van der Waals surface area (Å²) in [5, 5.41) is 3.26. The van der Waals surface area contributed by atoms with E-state index >= 15 is 0 Å². The van der Waals surface area contributed by atoms with Crippen molar-refractivity contribution in [2.24, 2.45) is 0 Å². The zero-order valence-corrected chi connectivity index (χ0v) is 12.2. The number of methoxy groups -OCH3 is 1. The van der Waals surface area contributed by atoms with Gasteiger partial charge < -0.3 is 10.1 Å². The number of hydrogen-bond acceptors (Lipinski definition) is 4. The molecule has 0 bridgehead atoms. The predicted molar refractivity (Wildman–Crippen MR) is 75.8 cm³/mol. The number of halogens is 1. The third-order valence-corrected chi connectivity index (χ3v) is 3.87. The van der Waals surface area contributed by atoms with E-state index in [1.165, 1.54) is 25.3 Å². The minimum Gasteiger partial charge on any atom is -0.496 e. The van der Waals surface area contributed by atoms with E-state index in [-0.39, 0.29) is 5.78 Å². The van der Waals surface area contributed by atoms with Gasteiger partial charge in [-0.2, -0.15) is 0 Å². The summed E-state index contributed by atoms with van der Waals surface area (Å²) in [6.07, 6.45) is 0. The van der Waals surface area contributed by atoms with E-state index in [0.717, 1.165) is 26.2 Å². The number of rotatable bonds is 4. The van der Waals surface area contributed by atoms with Crippen molar-refractivity contribution < 1.29 is 13.9 Å². The normalized spacial score (nSPS) is 17.0. The van der Waals surface area contributed by atoms with Crippen molar-refractivity contribution in [2.45, 2.75) is 19.4 Å². The quantitative estimate of drug-likeness (QED) is 0.852. The number of ether oxygens (including phenoxy) is 1. The summed E-state index contributed by atoms with van der Waals surface area (Å²) in [4.78, 5) is 14.9. The zero-order valence-electron chi connectivity index (χ0n) is 12.2. The average molecular weight is 280 g/mol. The van der Waals surface area contributed by atoms with Crippen LogP contribution in [0.15, 0.2) is 18.2 Å². The number of carbonyl (C=O) groups is 1. The topological polar surface area (TPSA) is 41.6 Å². The lowest BCUT2D eigenvalue weighted by atomic mass is 9.90. The van der Waals surface area contributed by atoms with Crippen molar-refractivity contribution in [3.8, 4) is 5.75 Å². The van der Waals surface area contributed by atoms with Crippen LogP contribution in [0.25, 0.3) is 0 Å². The van der Waals surface area contributed by atoms with Gasteiger partial charge in [0.1, 0.15) is 11.6 Å². The van der Waals surface area contributed by atoms with Crippen LogP contribution in [0, 0.1) is 5.82 Å². The average Bonchev–Trinajstić information content (AvgIpc) is 2.47. The number of benzene rings is 1. The molecule has 0 atom stereocenters. The van der Waals surface area contributed by atoms with Crippen molar-refractivity contribution in [3.05, 3.63) is 29.6 Å². The first kappa shape index (κ1) is 14.9. The molecule has 0 aliphatic carbocycles. The number of carbonyl (C=O) groups excluding carboxylic acids is 1. The van der Waals surface area contributed by atoms with Gasteiger partial charge in [-0.1, -0.05) is 0 Å². The minimum atomic E-state index is -0.677. The van der Waals surface area contributed by atoms with Gasteiger partial charge in [-0.3, -0.25) is 9.69 Å². The SMILES string of the molecule is COc1ccc(F)cc1C(=O)C(C)(C)N1CCNCC1. The molecular weight excluding hydrogens is 259 g/mol. The van der Waals surface area contributed by atoms with Gasteiger partial charge in [0.05, 0.1) is 18.2 Å². The van der Waals surface area contributed by atoms with Crippen LogP contribution in [0.5, 0.6) is 5.75 Å². The van der Waals surface area contributed by atoms with E-state index < -0.39 is 11.4 Å². The second kappa shape index (κ2) is 5.89. The molecule has 1 fully saturated rings. The molecule has 1 aliphatic rings. The van der Waals surface area contributed by atoms with Gasteiger partial charge in [-0.15, -0.1) is 0 Å². The molecule has 0 amide bonds. The first-order valence-corrected chi connectivity index (χ1v) is 6.81. The van der Waals surface area contributed by atoms with Crippen molar-refractivity contribution in [1.82, 2.24) is 10.2 Å². The summed E-state index contributed by atoms with van der Waals surface area (Å²) in [5.41, 5.74) is -0.376. The molecule has 20 heavy (non-hydrogen) atoms. The number of ketones is 1. The van der Waals surface area contributed by atoms with Gasteiger partial charge in [0, 0.05) is 26.2 Å². The Bertz CT molecular complexity index is 497. The van der Waals surface area contributed by atoms with E-state index in [1.54, 1.807) is 0 Å². The van der Waals surface area contributed by atoms with Crippen molar-refractivity contribution in [2.75, 3.05) is 33.3 Å². The minimum absolute atomic E-state index is 0.115. The summed E-state index contributed by atoms with van der Waals surface area (Å²) >= 11 is 0. The van der Waals surface area contributed by atoms with Crippen LogP contribution in [-0.2, 0) is 0 Å². The predicted octanol–water partition coefficient (Wildman–Crippen LogP) is 1.70. The van der Waals surface area contributed by atoms with E-state index in [0.29, 0.717) is 11.3 Å². The highest BCUT2D eigenvalue weighted by atomic mass is 19.1. The van der Waals surface area contributed by atoms with Crippen LogP contribution in [0.3, 0.4) is 0 Å². The number of piperazine rings is 1. The summed E-state index contributed by atoms with van der Waals surface area (Å²) in [7, 11) is 1.49. The third-order valence-electron chi connectivity index (χ3n) is 3.87. The maximum absolute atomic E-state index is 13.4. The number of hydrogen-bond donors (Lipinski definition) is 1. The van der Waals surface area contributed by atoms with E-state index in [2.05, 4.69) is 10.2 Å². The van der Waals surface area contributed by atoms with Crippen LogP contribution >= 0.6 is 0 Å². The Kier molecular flexibility index (Phi) is 4.40. The van der Waals surface area contributed by atoms with Gasteiger partial charge in [-0.25, -0.2) is 4.39 Å². The molecule has 110 valence electrons. The standard InChI is InChI=1S/C15H21FN2O2/c1-15(2,18-8-6-17-7-9-18)14(19)12-10-11(16)4-5-13(12)20-3/h4-5,10,17H,6-9H2,1-3H3. The number of Topliss-reactive ketones (excluding diaryl/α,β-unsaturated/α-hetero) is 1. The van der Waals surface area contributed by atoms with Crippen LogP contribution in [0.2, 0.25) is 0 Å².